The molecule has 0 saturated carbocycles. The number of fused-ring (bicyclic) bond motifs is 2. The quantitative estimate of drug-likeness (QED) is 0.831. The average molecular weight is 242 g/mol. The van der Waals surface area contributed by atoms with E-state index in [1.807, 2.05) is 23.6 Å². The number of hydrogen-bond acceptors (Lipinski definition) is 3. The van der Waals surface area contributed by atoms with Crippen molar-refractivity contribution in [2.75, 3.05) is 13.1 Å². The molecule has 1 aliphatic carbocycles. The molecule has 0 bridgehead atoms. The first kappa shape index (κ1) is 9.80. The molecule has 1 N–H and O–H groups in total. The monoisotopic (exact) mass is 242 g/mol. The number of hydrogen-bond donors (Lipinski definition) is 1. The van der Waals surface area contributed by atoms with Crippen LogP contribution in [0.5, 0.6) is 0 Å². The summed E-state index contributed by atoms with van der Waals surface area (Å²) in [6.45, 7) is 2.34. The summed E-state index contributed by atoms with van der Waals surface area (Å²) in [6, 6.07) is 4.18. The summed E-state index contributed by atoms with van der Waals surface area (Å²) in [5, 5.41) is 5.75. The summed E-state index contributed by atoms with van der Waals surface area (Å²) in [6.07, 6.45) is 5.59. The minimum Gasteiger partial charge on any atom is -0.316 e. The minimum atomic E-state index is 0.753. The van der Waals surface area contributed by atoms with Crippen molar-refractivity contribution in [3.63, 3.8) is 0 Å². The first-order chi connectivity index (χ1) is 8.42. The molecule has 0 unspecified atom stereocenters. The molecule has 1 aliphatic heterocycles. The van der Waals surface area contributed by atoms with Crippen LogP contribution in [-0.4, -0.2) is 18.1 Å². The van der Waals surface area contributed by atoms with Crippen LogP contribution in [0.3, 0.4) is 0 Å². The van der Waals surface area contributed by atoms with E-state index in [4.69, 9.17) is 0 Å². The first-order valence-corrected chi connectivity index (χ1v) is 7.04. The van der Waals surface area contributed by atoms with Gasteiger partial charge in [0.25, 0.3) is 0 Å². The van der Waals surface area contributed by atoms with E-state index in [0.29, 0.717) is 0 Å². The third-order valence-electron chi connectivity index (χ3n) is 3.96. The standard InChI is InChI=1S/C14H14N2S/c1-2-13-14(16-3-1)12(8-17-13)9-4-10-6-15-7-11(10)5-9/h1-4,8,10-11,15H,5-7H2/t10-,11+/m0/s1. The van der Waals surface area contributed by atoms with Gasteiger partial charge in [-0.3, -0.25) is 4.98 Å². The smallest absolute Gasteiger partial charge is 0.0884 e. The van der Waals surface area contributed by atoms with Crippen molar-refractivity contribution in [1.29, 1.82) is 0 Å². The van der Waals surface area contributed by atoms with Crippen LogP contribution in [0, 0.1) is 11.8 Å². The van der Waals surface area contributed by atoms with Crippen LogP contribution < -0.4 is 5.32 Å². The maximum absolute atomic E-state index is 4.53. The molecule has 2 aliphatic rings. The van der Waals surface area contributed by atoms with Gasteiger partial charge in [0.1, 0.15) is 0 Å². The molecule has 0 amide bonds. The molecule has 1 fully saturated rings. The molecular weight excluding hydrogens is 228 g/mol. The van der Waals surface area contributed by atoms with E-state index in [2.05, 4.69) is 27.8 Å². The summed E-state index contributed by atoms with van der Waals surface area (Å²) in [5.41, 5.74) is 4.09. The summed E-state index contributed by atoms with van der Waals surface area (Å²) >= 11 is 1.81. The molecular formula is C14H14N2S. The first-order valence-electron chi connectivity index (χ1n) is 6.16. The molecule has 2 nitrogen and oxygen atoms in total. The minimum absolute atomic E-state index is 0.753. The Morgan fingerprint density at radius 2 is 2.35 bits per heavy atom. The Morgan fingerprint density at radius 1 is 1.35 bits per heavy atom. The van der Waals surface area contributed by atoms with Crippen molar-refractivity contribution in [3.05, 3.63) is 35.3 Å². The van der Waals surface area contributed by atoms with Crippen LogP contribution in [0.15, 0.2) is 29.8 Å². The van der Waals surface area contributed by atoms with Gasteiger partial charge in [-0.15, -0.1) is 11.3 Å². The van der Waals surface area contributed by atoms with E-state index in [1.165, 1.54) is 34.3 Å². The van der Waals surface area contributed by atoms with Gasteiger partial charge in [-0.25, -0.2) is 0 Å². The second-order valence-electron chi connectivity index (χ2n) is 4.98. The van der Waals surface area contributed by atoms with E-state index < -0.39 is 0 Å². The van der Waals surface area contributed by atoms with Gasteiger partial charge in [0.2, 0.25) is 0 Å². The fraction of sp³-hybridized carbons (Fsp3) is 0.357. The van der Waals surface area contributed by atoms with Gasteiger partial charge < -0.3 is 5.32 Å². The highest BCUT2D eigenvalue weighted by molar-refractivity contribution is 7.17. The highest BCUT2D eigenvalue weighted by Gasteiger charge is 2.32. The van der Waals surface area contributed by atoms with Gasteiger partial charge >= 0.3 is 0 Å². The van der Waals surface area contributed by atoms with Crippen LogP contribution in [0.25, 0.3) is 15.8 Å². The lowest BCUT2D eigenvalue weighted by Crippen LogP contribution is -2.09. The van der Waals surface area contributed by atoms with Crippen molar-refractivity contribution in [1.82, 2.24) is 10.3 Å². The summed E-state index contributed by atoms with van der Waals surface area (Å²) in [5.74, 6) is 1.58. The predicted octanol–water partition coefficient (Wildman–Crippen LogP) is 2.92. The van der Waals surface area contributed by atoms with Crippen molar-refractivity contribution in [3.8, 4) is 0 Å². The fourth-order valence-electron chi connectivity index (χ4n) is 3.07. The SMILES string of the molecule is C1=C(c2csc3cccnc23)C[C@@H]2CNC[C@H]12. The lowest BCUT2D eigenvalue weighted by molar-refractivity contribution is 0.536. The molecule has 0 spiro atoms. The maximum atomic E-state index is 4.53. The fourth-order valence-corrected chi connectivity index (χ4v) is 4.01. The topological polar surface area (TPSA) is 24.9 Å². The van der Waals surface area contributed by atoms with Gasteiger partial charge in [-0.05, 0) is 42.5 Å². The second-order valence-corrected chi connectivity index (χ2v) is 5.89. The van der Waals surface area contributed by atoms with Crippen molar-refractivity contribution in [2.45, 2.75) is 6.42 Å². The Morgan fingerprint density at radius 3 is 3.29 bits per heavy atom. The van der Waals surface area contributed by atoms with Crippen LogP contribution in [0.1, 0.15) is 12.0 Å². The lowest BCUT2D eigenvalue weighted by Gasteiger charge is -2.05. The van der Waals surface area contributed by atoms with Gasteiger partial charge in [-0.1, -0.05) is 6.08 Å². The Labute approximate surface area is 104 Å². The number of pyridine rings is 1. The predicted molar refractivity (Wildman–Crippen MR) is 72.1 cm³/mol. The Balaban J connectivity index is 1.80. The van der Waals surface area contributed by atoms with Gasteiger partial charge in [0, 0.05) is 23.7 Å². The number of nitrogens with one attached hydrogen (secondary N) is 1. The largest absolute Gasteiger partial charge is 0.316 e. The third kappa shape index (κ3) is 1.46. The number of nitrogens with zero attached hydrogens (tertiary/aromatic N) is 1. The highest BCUT2D eigenvalue weighted by Crippen LogP contribution is 2.41. The number of aromatic nitrogens is 1. The maximum Gasteiger partial charge on any atom is 0.0884 e. The summed E-state index contributed by atoms with van der Waals surface area (Å²) in [4.78, 5) is 4.53. The Kier molecular flexibility index (Phi) is 2.11. The van der Waals surface area contributed by atoms with E-state index in [-0.39, 0.29) is 0 Å². The van der Waals surface area contributed by atoms with E-state index >= 15 is 0 Å². The van der Waals surface area contributed by atoms with Crippen LogP contribution in [0.2, 0.25) is 0 Å². The van der Waals surface area contributed by atoms with Crippen LogP contribution in [0.4, 0.5) is 0 Å². The van der Waals surface area contributed by atoms with E-state index in [9.17, 15) is 0 Å². The lowest BCUT2D eigenvalue weighted by atomic mass is 9.99. The molecule has 0 aromatic carbocycles. The molecule has 1 saturated heterocycles. The van der Waals surface area contributed by atoms with Crippen LogP contribution in [-0.2, 0) is 0 Å². The zero-order chi connectivity index (χ0) is 11.2. The zero-order valence-corrected chi connectivity index (χ0v) is 10.3. The summed E-state index contributed by atoms with van der Waals surface area (Å²) < 4.78 is 1.30. The van der Waals surface area contributed by atoms with Gasteiger partial charge in [-0.2, -0.15) is 0 Å². The van der Waals surface area contributed by atoms with Crippen molar-refractivity contribution in [2.24, 2.45) is 11.8 Å². The van der Waals surface area contributed by atoms with Gasteiger partial charge in [0.15, 0.2) is 0 Å². The van der Waals surface area contributed by atoms with E-state index in [0.717, 1.165) is 18.4 Å². The number of allylic oxidation sites excluding steroid dienone is 1. The molecule has 4 rings (SSSR count). The van der Waals surface area contributed by atoms with Crippen molar-refractivity contribution < 1.29 is 0 Å². The molecule has 2 atom stereocenters. The second kappa shape index (κ2) is 3.65. The third-order valence-corrected chi connectivity index (χ3v) is 4.90. The van der Waals surface area contributed by atoms with E-state index in [1.54, 1.807) is 0 Å². The van der Waals surface area contributed by atoms with Crippen LogP contribution >= 0.6 is 11.3 Å². The molecule has 3 heterocycles. The normalized spacial score (nSPS) is 27.4. The number of thiophene rings is 1. The summed E-state index contributed by atoms with van der Waals surface area (Å²) in [7, 11) is 0. The molecule has 0 radical (unpaired) electrons. The van der Waals surface area contributed by atoms with Gasteiger partial charge in [0.05, 0.1) is 10.2 Å². The Hall–Kier alpha value is -1.19. The molecule has 2 aromatic heterocycles. The Bertz CT molecular complexity index is 599. The molecule has 3 heteroatoms. The average Bonchev–Trinajstić information content (AvgIpc) is 3.01. The van der Waals surface area contributed by atoms with Crippen molar-refractivity contribution >= 4 is 27.1 Å². The highest BCUT2D eigenvalue weighted by atomic mass is 32.1. The zero-order valence-electron chi connectivity index (χ0n) is 9.52. The molecule has 2 aromatic rings. The molecule has 86 valence electrons. The molecule has 17 heavy (non-hydrogen) atoms. The number of rotatable bonds is 1.